The van der Waals surface area contributed by atoms with Crippen molar-refractivity contribution >= 4 is 17.2 Å². The van der Waals surface area contributed by atoms with Crippen LogP contribution in [-0.4, -0.2) is 11.1 Å². The molecule has 5 heteroatoms. The zero-order valence-corrected chi connectivity index (χ0v) is 12.3. The number of aryl methyl sites for hydroxylation is 1. The molecule has 0 fully saturated rings. The van der Waals surface area contributed by atoms with Crippen LogP contribution in [0, 0.1) is 6.92 Å². The fraction of sp³-hybridized carbons (Fsp3) is 0.125. The largest absolute Gasteiger partial charge is 0.355 e. The quantitative estimate of drug-likeness (QED) is 0.800. The highest BCUT2D eigenvalue weighted by atomic mass is 32.1. The van der Waals surface area contributed by atoms with Crippen molar-refractivity contribution in [3.63, 3.8) is 0 Å². The van der Waals surface area contributed by atoms with Crippen molar-refractivity contribution in [2.75, 3.05) is 0 Å². The predicted molar refractivity (Wildman–Crippen MR) is 82.2 cm³/mol. The molecule has 0 spiro atoms. The van der Waals surface area contributed by atoms with E-state index < -0.39 is 0 Å². The summed E-state index contributed by atoms with van der Waals surface area (Å²) in [5, 5.41) is 8.79. The number of carbonyl (C=O) groups is 1. The molecule has 0 aliphatic carbocycles. The van der Waals surface area contributed by atoms with E-state index >= 15 is 0 Å². The van der Waals surface area contributed by atoms with Crippen LogP contribution in [0.5, 0.6) is 0 Å². The number of nitrogens with one attached hydrogen (secondary N) is 1. The standard InChI is InChI=1S/C16H14N2O2S/c1-11-4-6-12(7-5-11)16(19)17-10-13-9-14(20-18-13)15-3-2-8-21-15/h2-9H,10H2,1H3,(H,17,19). The van der Waals surface area contributed by atoms with Gasteiger partial charge in [-0.25, -0.2) is 0 Å². The van der Waals surface area contributed by atoms with Gasteiger partial charge in [-0.15, -0.1) is 11.3 Å². The lowest BCUT2D eigenvalue weighted by Crippen LogP contribution is -2.22. The second-order valence-electron chi connectivity index (χ2n) is 4.71. The smallest absolute Gasteiger partial charge is 0.251 e. The minimum atomic E-state index is -0.115. The summed E-state index contributed by atoms with van der Waals surface area (Å²) >= 11 is 1.59. The predicted octanol–water partition coefficient (Wildman–Crippen LogP) is 3.64. The summed E-state index contributed by atoms with van der Waals surface area (Å²) in [6.45, 7) is 2.34. The summed E-state index contributed by atoms with van der Waals surface area (Å²) in [7, 11) is 0. The number of thiophene rings is 1. The van der Waals surface area contributed by atoms with Gasteiger partial charge in [0.05, 0.1) is 11.4 Å². The molecule has 21 heavy (non-hydrogen) atoms. The van der Waals surface area contributed by atoms with Gasteiger partial charge in [0, 0.05) is 11.6 Å². The Bertz CT molecular complexity index is 730. The van der Waals surface area contributed by atoms with Crippen LogP contribution in [0.3, 0.4) is 0 Å². The SMILES string of the molecule is Cc1ccc(C(=O)NCc2cc(-c3cccs3)on2)cc1. The van der Waals surface area contributed by atoms with Crippen LogP contribution >= 0.6 is 11.3 Å². The second kappa shape index (κ2) is 5.93. The summed E-state index contributed by atoms with van der Waals surface area (Å²) in [5.41, 5.74) is 2.48. The number of carbonyl (C=O) groups excluding carboxylic acids is 1. The van der Waals surface area contributed by atoms with E-state index in [1.54, 1.807) is 11.3 Å². The lowest BCUT2D eigenvalue weighted by Gasteiger charge is -2.03. The van der Waals surface area contributed by atoms with Gasteiger partial charge in [0.15, 0.2) is 5.76 Å². The Morgan fingerprint density at radius 3 is 2.81 bits per heavy atom. The van der Waals surface area contributed by atoms with Gasteiger partial charge >= 0.3 is 0 Å². The van der Waals surface area contributed by atoms with Crippen molar-refractivity contribution in [3.05, 3.63) is 64.7 Å². The fourth-order valence-corrected chi connectivity index (χ4v) is 2.58. The van der Waals surface area contributed by atoms with Gasteiger partial charge < -0.3 is 9.84 Å². The molecule has 106 valence electrons. The Morgan fingerprint density at radius 1 is 1.29 bits per heavy atom. The molecule has 3 aromatic rings. The molecule has 1 amide bonds. The van der Waals surface area contributed by atoms with E-state index in [0.29, 0.717) is 17.8 Å². The van der Waals surface area contributed by atoms with Crippen molar-refractivity contribution in [2.45, 2.75) is 13.5 Å². The number of rotatable bonds is 4. The van der Waals surface area contributed by atoms with Crippen LogP contribution in [-0.2, 0) is 6.54 Å². The number of hydrogen-bond acceptors (Lipinski definition) is 4. The van der Waals surface area contributed by atoms with Crippen LogP contribution in [0.15, 0.2) is 52.4 Å². The zero-order valence-electron chi connectivity index (χ0n) is 11.5. The van der Waals surface area contributed by atoms with E-state index in [0.717, 1.165) is 16.2 Å². The van der Waals surface area contributed by atoms with Crippen LogP contribution in [0.25, 0.3) is 10.6 Å². The second-order valence-corrected chi connectivity index (χ2v) is 5.66. The van der Waals surface area contributed by atoms with Crippen LogP contribution in [0.4, 0.5) is 0 Å². The van der Waals surface area contributed by atoms with E-state index in [1.807, 2.05) is 54.8 Å². The first-order valence-electron chi connectivity index (χ1n) is 6.57. The fourth-order valence-electron chi connectivity index (χ4n) is 1.91. The third-order valence-corrected chi connectivity index (χ3v) is 3.95. The Kier molecular flexibility index (Phi) is 3.83. The zero-order chi connectivity index (χ0) is 14.7. The molecule has 0 unspecified atom stereocenters. The van der Waals surface area contributed by atoms with Gasteiger partial charge in [0.1, 0.15) is 5.69 Å². The summed E-state index contributed by atoms with van der Waals surface area (Å²) in [6.07, 6.45) is 0. The lowest BCUT2D eigenvalue weighted by atomic mass is 10.1. The minimum absolute atomic E-state index is 0.115. The van der Waals surface area contributed by atoms with Crippen LogP contribution in [0.1, 0.15) is 21.6 Å². The maximum absolute atomic E-state index is 12.0. The molecule has 0 saturated heterocycles. The molecule has 1 aromatic carbocycles. The summed E-state index contributed by atoms with van der Waals surface area (Å²) in [5.74, 6) is 0.611. The van der Waals surface area contributed by atoms with Gasteiger partial charge in [-0.3, -0.25) is 4.79 Å². The van der Waals surface area contributed by atoms with Gasteiger partial charge in [0.25, 0.3) is 5.91 Å². The molecule has 3 rings (SSSR count). The Morgan fingerprint density at radius 2 is 2.10 bits per heavy atom. The topological polar surface area (TPSA) is 55.1 Å². The molecule has 0 radical (unpaired) electrons. The third-order valence-electron chi connectivity index (χ3n) is 3.07. The van der Waals surface area contributed by atoms with Crippen molar-refractivity contribution in [3.8, 4) is 10.6 Å². The van der Waals surface area contributed by atoms with Crippen LogP contribution in [0.2, 0.25) is 0 Å². The van der Waals surface area contributed by atoms with Gasteiger partial charge in [-0.05, 0) is 30.5 Å². The molecule has 4 nitrogen and oxygen atoms in total. The van der Waals surface area contributed by atoms with Crippen molar-refractivity contribution in [1.82, 2.24) is 10.5 Å². The van der Waals surface area contributed by atoms with Crippen molar-refractivity contribution < 1.29 is 9.32 Å². The van der Waals surface area contributed by atoms with E-state index in [1.165, 1.54) is 0 Å². The van der Waals surface area contributed by atoms with Crippen molar-refractivity contribution in [1.29, 1.82) is 0 Å². The van der Waals surface area contributed by atoms with Gasteiger partial charge in [-0.2, -0.15) is 0 Å². The van der Waals surface area contributed by atoms with E-state index in [4.69, 9.17) is 4.52 Å². The molecule has 0 aliphatic heterocycles. The Hall–Kier alpha value is -2.40. The molecule has 0 bridgehead atoms. The first-order chi connectivity index (χ1) is 10.2. The molecule has 2 heterocycles. The maximum Gasteiger partial charge on any atom is 0.251 e. The van der Waals surface area contributed by atoms with Crippen LogP contribution < -0.4 is 5.32 Å². The first-order valence-corrected chi connectivity index (χ1v) is 7.45. The number of amides is 1. The number of hydrogen-bond donors (Lipinski definition) is 1. The monoisotopic (exact) mass is 298 g/mol. The molecule has 2 aromatic heterocycles. The number of nitrogens with zero attached hydrogens (tertiary/aromatic N) is 1. The first kappa shape index (κ1) is 13.6. The highest BCUT2D eigenvalue weighted by Gasteiger charge is 2.09. The third kappa shape index (κ3) is 3.20. The molecule has 0 saturated carbocycles. The molecule has 0 aliphatic rings. The highest BCUT2D eigenvalue weighted by molar-refractivity contribution is 7.13. The van der Waals surface area contributed by atoms with Gasteiger partial charge in [-0.1, -0.05) is 28.9 Å². The highest BCUT2D eigenvalue weighted by Crippen LogP contribution is 2.24. The number of aromatic nitrogens is 1. The summed E-state index contributed by atoms with van der Waals surface area (Å²) < 4.78 is 5.27. The Labute approximate surface area is 126 Å². The molecule has 0 atom stereocenters. The summed E-state index contributed by atoms with van der Waals surface area (Å²) in [4.78, 5) is 13.0. The maximum atomic E-state index is 12.0. The normalized spacial score (nSPS) is 10.5. The lowest BCUT2D eigenvalue weighted by molar-refractivity contribution is 0.0950. The summed E-state index contributed by atoms with van der Waals surface area (Å²) in [6, 6.07) is 13.2. The molecular weight excluding hydrogens is 284 g/mol. The van der Waals surface area contributed by atoms with Crippen molar-refractivity contribution in [2.24, 2.45) is 0 Å². The average molecular weight is 298 g/mol. The average Bonchev–Trinajstić information content (AvgIpc) is 3.16. The number of benzene rings is 1. The Balaban J connectivity index is 1.62. The molecule has 1 N–H and O–H groups in total. The van der Waals surface area contributed by atoms with E-state index in [2.05, 4.69) is 10.5 Å². The minimum Gasteiger partial charge on any atom is -0.355 e. The van der Waals surface area contributed by atoms with E-state index in [9.17, 15) is 4.79 Å². The molecular formula is C16H14N2O2S. The van der Waals surface area contributed by atoms with E-state index in [-0.39, 0.29) is 5.91 Å². The van der Waals surface area contributed by atoms with Gasteiger partial charge in [0.2, 0.25) is 0 Å².